The van der Waals surface area contributed by atoms with Crippen LogP contribution in [0.5, 0.6) is 11.5 Å². The summed E-state index contributed by atoms with van der Waals surface area (Å²) in [6.07, 6.45) is 1.66. The van der Waals surface area contributed by atoms with Gasteiger partial charge >= 0.3 is 0 Å². The molecule has 0 saturated carbocycles. The third-order valence-electron chi connectivity index (χ3n) is 6.49. The van der Waals surface area contributed by atoms with Gasteiger partial charge in [-0.25, -0.2) is 0 Å². The van der Waals surface area contributed by atoms with Gasteiger partial charge in [0.05, 0.1) is 37.3 Å². The number of benzene rings is 2. The Labute approximate surface area is 203 Å². The van der Waals surface area contributed by atoms with E-state index in [-0.39, 0.29) is 17.1 Å². The summed E-state index contributed by atoms with van der Waals surface area (Å²) in [7, 11) is 1.56. The maximum Gasteiger partial charge on any atom is 0.290 e. The molecule has 1 fully saturated rings. The number of carbonyl (C=O) groups excluding carboxylic acids is 1. The maximum atomic E-state index is 13.6. The Morgan fingerprint density at radius 3 is 2.66 bits per heavy atom. The molecule has 182 valence electrons. The molecule has 1 saturated heterocycles. The summed E-state index contributed by atoms with van der Waals surface area (Å²) in [5.74, 6) is 0.897. The second-order valence-corrected chi connectivity index (χ2v) is 8.54. The van der Waals surface area contributed by atoms with E-state index < -0.39 is 6.04 Å². The van der Waals surface area contributed by atoms with Gasteiger partial charge in [-0.2, -0.15) is 0 Å². The predicted octanol–water partition coefficient (Wildman–Crippen LogP) is 3.24. The number of fused-ring (bicyclic) bond motifs is 2. The van der Waals surface area contributed by atoms with Crippen molar-refractivity contribution in [3.05, 3.63) is 82.2 Å². The largest absolute Gasteiger partial charge is 0.493 e. The lowest BCUT2D eigenvalue weighted by Crippen LogP contribution is -2.42. The molecule has 2 aromatic carbocycles. The fourth-order valence-electron chi connectivity index (χ4n) is 4.74. The van der Waals surface area contributed by atoms with E-state index in [1.165, 1.54) is 0 Å². The van der Waals surface area contributed by atoms with Crippen LogP contribution in [-0.2, 0) is 4.74 Å². The third kappa shape index (κ3) is 4.31. The molecule has 8 nitrogen and oxygen atoms in total. The smallest absolute Gasteiger partial charge is 0.290 e. The van der Waals surface area contributed by atoms with Crippen molar-refractivity contribution < 1.29 is 23.4 Å². The van der Waals surface area contributed by atoms with Crippen LogP contribution < -0.4 is 14.9 Å². The lowest BCUT2D eigenvalue weighted by atomic mass is 9.98. The standard InChI is InChI=1S/C27H28N2O6/c1-3-14-34-21-9-8-18(17-22(21)32-2)24-23-25(30)19-6-4-5-7-20(19)35-26(23)27(31)29(24)11-10-28-12-15-33-16-13-28/h3-9,17,24H,1,10-16H2,2H3. The van der Waals surface area contributed by atoms with E-state index in [9.17, 15) is 9.59 Å². The van der Waals surface area contributed by atoms with Crippen molar-refractivity contribution in [2.24, 2.45) is 0 Å². The summed E-state index contributed by atoms with van der Waals surface area (Å²) < 4.78 is 22.7. The zero-order valence-corrected chi connectivity index (χ0v) is 19.7. The van der Waals surface area contributed by atoms with Crippen LogP contribution in [0.15, 0.2) is 64.3 Å². The SMILES string of the molecule is C=CCOc1ccc(C2c3c(oc4ccccc4c3=O)C(=O)N2CCN2CCOCC2)cc1OC. The Bertz CT molecular complexity index is 1310. The summed E-state index contributed by atoms with van der Waals surface area (Å²) in [6.45, 7) is 8.10. The van der Waals surface area contributed by atoms with Crippen LogP contribution in [-0.4, -0.2) is 68.8 Å². The van der Waals surface area contributed by atoms with Crippen molar-refractivity contribution in [2.75, 3.05) is 53.1 Å². The number of rotatable bonds is 8. The van der Waals surface area contributed by atoms with Gasteiger partial charge in [0.1, 0.15) is 12.2 Å². The molecule has 2 aliphatic rings. The number of carbonyl (C=O) groups is 1. The monoisotopic (exact) mass is 476 g/mol. The Morgan fingerprint density at radius 2 is 1.89 bits per heavy atom. The van der Waals surface area contributed by atoms with Gasteiger partial charge < -0.3 is 23.5 Å². The summed E-state index contributed by atoms with van der Waals surface area (Å²) in [5.41, 5.74) is 1.33. The molecule has 5 rings (SSSR count). The molecule has 3 aromatic rings. The highest BCUT2D eigenvalue weighted by molar-refractivity contribution is 5.99. The van der Waals surface area contributed by atoms with Crippen LogP contribution in [0, 0.1) is 0 Å². The van der Waals surface area contributed by atoms with Crippen LogP contribution in [0.3, 0.4) is 0 Å². The molecule has 0 bridgehead atoms. The van der Waals surface area contributed by atoms with E-state index in [1.54, 1.807) is 48.4 Å². The Kier molecular flexibility index (Phi) is 6.57. The third-order valence-corrected chi connectivity index (χ3v) is 6.49. The first-order valence-electron chi connectivity index (χ1n) is 11.7. The first-order valence-corrected chi connectivity index (χ1v) is 11.7. The molecule has 0 spiro atoms. The average molecular weight is 477 g/mol. The van der Waals surface area contributed by atoms with Gasteiger partial charge in [-0.05, 0) is 29.8 Å². The van der Waals surface area contributed by atoms with Crippen LogP contribution in [0.4, 0.5) is 0 Å². The van der Waals surface area contributed by atoms with Crippen molar-refractivity contribution in [3.63, 3.8) is 0 Å². The minimum Gasteiger partial charge on any atom is -0.493 e. The predicted molar refractivity (Wildman–Crippen MR) is 131 cm³/mol. The van der Waals surface area contributed by atoms with Crippen molar-refractivity contribution in [3.8, 4) is 11.5 Å². The number of methoxy groups -OCH3 is 1. The second kappa shape index (κ2) is 9.93. The zero-order valence-electron chi connectivity index (χ0n) is 19.7. The fraction of sp³-hybridized carbons (Fsp3) is 0.333. The quantitative estimate of drug-likeness (QED) is 0.462. The summed E-state index contributed by atoms with van der Waals surface area (Å²) in [5, 5.41) is 0.456. The Hall–Kier alpha value is -3.62. The molecule has 0 aliphatic carbocycles. The molecule has 0 N–H and O–H groups in total. The number of para-hydroxylation sites is 1. The van der Waals surface area contributed by atoms with Gasteiger partial charge in [0, 0.05) is 26.2 Å². The fourth-order valence-corrected chi connectivity index (χ4v) is 4.74. The molecule has 1 unspecified atom stereocenters. The van der Waals surface area contributed by atoms with E-state index in [0.717, 1.165) is 18.7 Å². The molecule has 3 heterocycles. The first kappa shape index (κ1) is 23.1. The van der Waals surface area contributed by atoms with E-state index >= 15 is 0 Å². The van der Waals surface area contributed by atoms with E-state index in [0.29, 0.717) is 60.9 Å². The molecule has 1 amide bonds. The Balaban J connectivity index is 1.59. The molecule has 2 aliphatic heterocycles. The molecular formula is C27H28N2O6. The second-order valence-electron chi connectivity index (χ2n) is 8.54. The normalized spacial score (nSPS) is 18.0. The summed E-state index contributed by atoms with van der Waals surface area (Å²) in [6, 6.07) is 11.9. The van der Waals surface area contributed by atoms with Crippen LogP contribution >= 0.6 is 0 Å². The first-order chi connectivity index (χ1) is 17.1. The summed E-state index contributed by atoms with van der Waals surface area (Å²) in [4.78, 5) is 31.2. The molecule has 35 heavy (non-hydrogen) atoms. The lowest BCUT2D eigenvalue weighted by molar-refractivity contribution is 0.0314. The lowest BCUT2D eigenvalue weighted by Gasteiger charge is -2.31. The van der Waals surface area contributed by atoms with Crippen molar-refractivity contribution in [2.45, 2.75) is 6.04 Å². The van der Waals surface area contributed by atoms with Gasteiger partial charge in [0.15, 0.2) is 16.9 Å². The number of ether oxygens (including phenoxy) is 3. The number of nitrogens with zero attached hydrogens (tertiary/aromatic N) is 2. The van der Waals surface area contributed by atoms with Gasteiger partial charge in [-0.1, -0.05) is 30.9 Å². The van der Waals surface area contributed by atoms with E-state index in [2.05, 4.69) is 11.5 Å². The van der Waals surface area contributed by atoms with Crippen molar-refractivity contribution in [1.82, 2.24) is 9.80 Å². The zero-order chi connectivity index (χ0) is 24.4. The Morgan fingerprint density at radius 1 is 1.09 bits per heavy atom. The van der Waals surface area contributed by atoms with E-state index in [4.69, 9.17) is 18.6 Å². The molecule has 8 heteroatoms. The minimum absolute atomic E-state index is 0.103. The number of hydrogen-bond donors (Lipinski definition) is 0. The van der Waals surface area contributed by atoms with E-state index in [1.807, 2.05) is 12.1 Å². The van der Waals surface area contributed by atoms with Crippen molar-refractivity contribution >= 4 is 16.9 Å². The molecule has 1 aromatic heterocycles. The highest BCUT2D eigenvalue weighted by Crippen LogP contribution is 2.40. The van der Waals surface area contributed by atoms with Gasteiger partial charge in [-0.15, -0.1) is 0 Å². The minimum atomic E-state index is -0.596. The van der Waals surface area contributed by atoms with Crippen LogP contribution in [0.25, 0.3) is 11.0 Å². The van der Waals surface area contributed by atoms with Gasteiger partial charge in [0.25, 0.3) is 5.91 Å². The molecular weight excluding hydrogens is 448 g/mol. The number of morpholine rings is 1. The summed E-state index contributed by atoms with van der Waals surface area (Å²) >= 11 is 0. The number of amides is 1. The van der Waals surface area contributed by atoms with Crippen molar-refractivity contribution in [1.29, 1.82) is 0 Å². The highest BCUT2D eigenvalue weighted by Gasteiger charge is 2.43. The highest BCUT2D eigenvalue weighted by atomic mass is 16.5. The van der Waals surface area contributed by atoms with Gasteiger partial charge in [0.2, 0.25) is 5.76 Å². The van der Waals surface area contributed by atoms with Gasteiger partial charge in [-0.3, -0.25) is 14.5 Å². The van der Waals surface area contributed by atoms with Crippen LogP contribution in [0.1, 0.15) is 27.7 Å². The average Bonchev–Trinajstić information content (AvgIpc) is 3.18. The maximum absolute atomic E-state index is 13.6. The number of hydrogen-bond acceptors (Lipinski definition) is 7. The topological polar surface area (TPSA) is 81.5 Å². The van der Waals surface area contributed by atoms with Crippen LogP contribution in [0.2, 0.25) is 0 Å². The molecule has 1 atom stereocenters. The molecule has 0 radical (unpaired) electrons.